The molecule has 1 aliphatic heterocycles. The van der Waals surface area contributed by atoms with Gasteiger partial charge in [-0.3, -0.25) is 14.4 Å². The lowest BCUT2D eigenvalue weighted by Gasteiger charge is -2.17. The molecule has 2 aromatic carbocycles. The van der Waals surface area contributed by atoms with Crippen molar-refractivity contribution in [2.75, 3.05) is 18.5 Å². The number of nitrogens with one attached hydrogen (secondary N) is 2. The number of fused-ring (bicyclic) bond motifs is 1. The van der Waals surface area contributed by atoms with Crippen molar-refractivity contribution in [1.29, 1.82) is 0 Å². The first kappa shape index (κ1) is 21.0. The van der Waals surface area contributed by atoms with Crippen LogP contribution in [-0.2, 0) is 25.5 Å². The highest BCUT2D eigenvalue weighted by atomic mass is 16.5. The number of amides is 2. The number of ether oxygens (including phenoxy) is 2. The van der Waals surface area contributed by atoms with Crippen LogP contribution in [0.1, 0.15) is 29.3 Å². The second kappa shape index (κ2) is 9.69. The molecule has 0 radical (unpaired) electrons. The van der Waals surface area contributed by atoms with Gasteiger partial charge in [0, 0.05) is 17.7 Å². The molecule has 30 heavy (non-hydrogen) atoms. The molecule has 0 spiro atoms. The number of para-hydroxylation sites is 1. The number of hydrogen-bond donors (Lipinski definition) is 2. The van der Waals surface area contributed by atoms with Gasteiger partial charge in [-0.1, -0.05) is 18.2 Å². The molecule has 1 aliphatic rings. The normalized spacial score (nSPS) is 13.4. The Balaban J connectivity index is 1.44. The highest BCUT2D eigenvalue weighted by Crippen LogP contribution is 2.23. The van der Waals surface area contributed by atoms with E-state index < -0.39 is 24.5 Å². The van der Waals surface area contributed by atoms with Crippen molar-refractivity contribution in [2.24, 2.45) is 0 Å². The molecule has 2 amide bonds. The topological polar surface area (TPSA) is 111 Å². The molecule has 0 aromatic heterocycles. The number of ketones is 1. The average molecular weight is 410 g/mol. The number of hydrogen-bond acceptors (Lipinski definition) is 6. The molecule has 0 saturated heterocycles. The second-order valence-electron chi connectivity index (χ2n) is 6.84. The molecule has 0 bridgehead atoms. The number of benzene rings is 2. The number of esters is 1. The van der Waals surface area contributed by atoms with E-state index in [1.54, 1.807) is 42.5 Å². The Morgan fingerprint density at radius 3 is 2.60 bits per heavy atom. The summed E-state index contributed by atoms with van der Waals surface area (Å²) in [5, 5.41) is 5.21. The Labute approximate surface area is 173 Å². The first-order valence-corrected chi connectivity index (χ1v) is 9.52. The zero-order valence-corrected chi connectivity index (χ0v) is 16.5. The van der Waals surface area contributed by atoms with E-state index in [-0.39, 0.29) is 18.3 Å². The van der Waals surface area contributed by atoms with Gasteiger partial charge >= 0.3 is 5.97 Å². The number of carbonyl (C=O) groups is 4. The molecule has 0 unspecified atom stereocenters. The summed E-state index contributed by atoms with van der Waals surface area (Å²) < 4.78 is 10.3. The van der Waals surface area contributed by atoms with Crippen molar-refractivity contribution in [1.82, 2.24) is 5.32 Å². The predicted molar refractivity (Wildman–Crippen MR) is 108 cm³/mol. The maximum atomic E-state index is 12.3. The van der Waals surface area contributed by atoms with Crippen LogP contribution >= 0.6 is 0 Å². The van der Waals surface area contributed by atoms with Gasteiger partial charge in [-0.05, 0) is 49.2 Å². The maximum absolute atomic E-state index is 12.3. The van der Waals surface area contributed by atoms with Gasteiger partial charge in [0.25, 0.3) is 5.91 Å². The van der Waals surface area contributed by atoms with Gasteiger partial charge in [0.05, 0.1) is 0 Å². The molecule has 0 fully saturated rings. The second-order valence-corrected chi connectivity index (χ2v) is 6.84. The van der Waals surface area contributed by atoms with E-state index in [0.29, 0.717) is 29.8 Å². The third kappa shape index (κ3) is 5.66. The van der Waals surface area contributed by atoms with Crippen molar-refractivity contribution < 1.29 is 28.7 Å². The van der Waals surface area contributed by atoms with Gasteiger partial charge in [0.15, 0.2) is 19.0 Å². The Morgan fingerprint density at radius 1 is 1.07 bits per heavy atom. The fourth-order valence-electron chi connectivity index (χ4n) is 2.91. The molecule has 2 N–H and O–H groups in total. The quantitative estimate of drug-likeness (QED) is 0.508. The SMILES string of the molecule is C[C@H](NC(=O)COc1ccccc1)C(=O)OCC(=O)c1ccc2c(c1)CCC(=O)N2. The van der Waals surface area contributed by atoms with Gasteiger partial charge in [-0.25, -0.2) is 4.79 Å². The van der Waals surface area contributed by atoms with E-state index in [1.165, 1.54) is 6.92 Å². The van der Waals surface area contributed by atoms with Crippen molar-refractivity contribution in [2.45, 2.75) is 25.8 Å². The fourth-order valence-corrected chi connectivity index (χ4v) is 2.91. The summed E-state index contributed by atoms with van der Waals surface area (Å²) in [5.41, 5.74) is 1.95. The minimum Gasteiger partial charge on any atom is -0.484 e. The van der Waals surface area contributed by atoms with Crippen LogP contribution in [0.5, 0.6) is 5.75 Å². The number of aryl methyl sites for hydroxylation is 1. The molecular formula is C22H22N2O6. The van der Waals surface area contributed by atoms with Crippen molar-refractivity contribution in [3.63, 3.8) is 0 Å². The monoisotopic (exact) mass is 410 g/mol. The van der Waals surface area contributed by atoms with Crippen LogP contribution in [0.2, 0.25) is 0 Å². The van der Waals surface area contributed by atoms with E-state index >= 15 is 0 Å². The standard InChI is InChI=1S/C22H22N2O6/c1-14(23-21(27)13-29-17-5-3-2-4-6-17)22(28)30-12-19(25)16-7-9-18-15(11-16)8-10-20(26)24-18/h2-7,9,11,14H,8,10,12-13H2,1H3,(H,23,27)(H,24,26)/t14-/m0/s1. The van der Waals surface area contributed by atoms with E-state index in [0.717, 1.165) is 5.56 Å². The molecule has 0 saturated carbocycles. The zero-order valence-electron chi connectivity index (χ0n) is 16.5. The number of Topliss-reactive ketones (excluding diaryl/α,β-unsaturated/α-hetero) is 1. The lowest BCUT2D eigenvalue weighted by atomic mass is 9.99. The third-order valence-corrected chi connectivity index (χ3v) is 4.51. The van der Waals surface area contributed by atoms with Crippen LogP contribution in [0.4, 0.5) is 5.69 Å². The van der Waals surface area contributed by atoms with Crippen molar-refractivity contribution in [3.05, 3.63) is 59.7 Å². The van der Waals surface area contributed by atoms with Gasteiger partial charge in [-0.2, -0.15) is 0 Å². The first-order valence-electron chi connectivity index (χ1n) is 9.52. The smallest absolute Gasteiger partial charge is 0.328 e. The molecule has 8 nitrogen and oxygen atoms in total. The van der Waals surface area contributed by atoms with Crippen LogP contribution in [0.15, 0.2) is 48.5 Å². The third-order valence-electron chi connectivity index (χ3n) is 4.51. The van der Waals surface area contributed by atoms with Gasteiger partial charge in [0.1, 0.15) is 11.8 Å². The summed E-state index contributed by atoms with van der Waals surface area (Å²) in [6, 6.07) is 12.8. The number of anilines is 1. The van der Waals surface area contributed by atoms with Crippen LogP contribution in [0.3, 0.4) is 0 Å². The van der Waals surface area contributed by atoms with Crippen LogP contribution in [-0.4, -0.2) is 42.8 Å². The predicted octanol–water partition coefficient (Wildman–Crippen LogP) is 1.88. The fraction of sp³-hybridized carbons (Fsp3) is 0.273. The maximum Gasteiger partial charge on any atom is 0.328 e. The summed E-state index contributed by atoms with van der Waals surface area (Å²) >= 11 is 0. The van der Waals surface area contributed by atoms with Crippen LogP contribution in [0.25, 0.3) is 0 Å². The molecule has 0 aliphatic carbocycles. The van der Waals surface area contributed by atoms with E-state index in [4.69, 9.17) is 9.47 Å². The Hall–Kier alpha value is -3.68. The van der Waals surface area contributed by atoms with Gasteiger partial charge in [0.2, 0.25) is 5.91 Å². The summed E-state index contributed by atoms with van der Waals surface area (Å²) in [7, 11) is 0. The first-order chi connectivity index (χ1) is 14.4. The average Bonchev–Trinajstić information content (AvgIpc) is 2.76. The minimum atomic E-state index is -0.927. The Kier molecular flexibility index (Phi) is 6.79. The highest BCUT2D eigenvalue weighted by molar-refractivity contribution is 6.00. The van der Waals surface area contributed by atoms with E-state index in [1.807, 2.05) is 6.07 Å². The molecule has 8 heteroatoms. The Morgan fingerprint density at radius 2 is 1.83 bits per heavy atom. The van der Waals surface area contributed by atoms with Crippen molar-refractivity contribution in [3.8, 4) is 5.75 Å². The number of carbonyl (C=O) groups excluding carboxylic acids is 4. The molecule has 1 atom stereocenters. The van der Waals surface area contributed by atoms with Gasteiger partial charge < -0.3 is 20.1 Å². The molecule has 3 rings (SSSR count). The summed E-state index contributed by atoms with van der Waals surface area (Å²) in [5.74, 6) is -1.08. The van der Waals surface area contributed by atoms with Crippen LogP contribution in [0, 0.1) is 0 Å². The van der Waals surface area contributed by atoms with Crippen molar-refractivity contribution >= 4 is 29.3 Å². The summed E-state index contributed by atoms with van der Waals surface area (Å²) in [6.07, 6.45) is 0.918. The van der Waals surface area contributed by atoms with E-state index in [9.17, 15) is 19.2 Å². The largest absolute Gasteiger partial charge is 0.484 e. The molecule has 1 heterocycles. The molecule has 156 valence electrons. The lowest BCUT2D eigenvalue weighted by molar-refractivity contribution is -0.146. The minimum absolute atomic E-state index is 0.0549. The van der Waals surface area contributed by atoms with Crippen LogP contribution < -0.4 is 15.4 Å². The molecular weight excluding hydrogens is 388 g/mol. The summed E-state index contributed by atoms with van der Waals surface area (Å²) in [6.45, 7) is 0.783. The summed E-state index contributed by atoms with van der Waals surface area (Å²) in [4.78, 5) is 47.7. The van der Waals surface area contributed by atoms with Gasteiger partial charge in [-0.15, -0.1) is 0 Å². The lowest BCUT2D eigenvalue weighted by Crippen LogP contribution is -2.42. The molecule has 2 aromatic rings. The van der Waals surface area contributed by atoms with E-state index in [2.05, 4.69) is 10.6 Å². The zero-order chi connectivity index (χ0) is 21.5. The highest BCUT2D eigenvalue weighted by Gasteiger charge is 2.20. The number of rotatable bonds is 8. The Bertz CT molecular complexity index is 957.